The Morgan fingerprint density at radius 2 is 1.94 bits per heavy atom. The molecule has 4 N–H and O–H groups in total. The van der Waals surface area contributed by atoms with E-state index in [1.807, 2.05) is 0 Å². The second-order valence-electron chi connectivity index (χ2n) is 2.89. The molecule has 0 saturated carbocycles. The van der Waals surface area contributed by atoms with Gasteiger partial charge in [-0.3, -0.25) is 0 Å². The van der Waals surface area contributed by atoms with Crippen LogP contribution in [-0.2, 0) is 0 Å². The van der Waals surface area contributed by atoms with Gasteiger partial charge >= 0.3 is 0 Å². The summed E-state index contributed by atoms with van der Waals surface area (Å²) < 4.78 is 0. The third-order valence-corrected chi connectivity index (χ3v) is 3.23. The number of hydrogen-bond donors (Lipinski definition) is 2. The van der Waals surface area contributed by atoms with Gasteiger partial charge in [-0.1, -0.05) is 23.4 Å². The predicted molar refractivity (Wildman–Crippen MR) is 64.2 cm³/mol. The molecule has 0 unspecified atom stereocenters. The number of nitrogen functional groups attached to an aromatic ring is 2. The topological polar surface area (TPSA) is 90.7 Å². The van der Waals surface area contributed by atoms with Crippen LogP contribution in [0.2, 0.25) is 5.02 Å². The Bertz CT molecular complexity index is 502. The first kappa shape index (κ1) is 11.0. The lowest BCUT2D eigenvalue weighted by Crippen LogP contribution is -1.93. The quantitative estimate of drug-likeness (QED) is 0.849. The fraction of sp³-hybridized carbons (Fsp3) is 0. The number of rotatable bonds is 2. The van der Waals surface area contributed by atoms with Crippen molar-refractivity contribution in [3.63, 3.8) is 0 Å². The molecule has 0 aromatic carbocycles. The van der Waals surface area contributed by atoms with E-state index in [4.69, 9.17) is 23.1 Å². The molecule has 0 amide bonds. The number of halogens is 1. The van der Waals surface area contributed by atoms with Crippen LogP contribution in [0, 0.1) is 0 Å². The molecule has 0 fully saturated rings. The summed E-state index contributed by atoms with van der Waals surface area (Å²) >= 11 is 7.35. The summed E-state index contributed by atoms with van der Waals surface area (Å²) in [6.45, 7) is 0. The van der Waals surface area contributed by atoms with E-state index in [-0.39, 0.29) is 0 Å². The summed E-state index contributed by atoms with van der Waals surface area (Å²) in [5.74, 6) is 0.680. The summed E-state index contributed by atoms with van der Waals surface area (Å²) in [5, 5.41) is 1.12. The molecular formula is C9H8ClN5S. The SMILES string of the molecule is Nc1cnc(Sc2ccnc(N)c2Cl)cn1. The summed E-state index contributed by atoms with van der Waals surface area (Å²) in [6.07, 6.45) is 4.65. The molecule has 2 aromatic rings. The number of anilines is 2. The molecule has 0 spiro atoms. The number of pyridine rings is 1. The molecule has 16 heavy (non-hydrogen) atoms. The van der Waals surface area contributed by atoms with Crippen LogP contribution in [0.3, 0.4) is 0 Å². The van der Waals surface area contributed by atoms with Gasteiger partial charge < -0.3 is 11.5 Å². The largest absolute Gasteiger partial charge is 0.382 e. The molecule has 2 rings (SSSR count). The van der Waals surface area contributed by atoms with Gasteiger partial charge in [-0.05, 0) is 6.07 Å². The van der Waals surface area contributed by atoms with Crippen LogP contribution in [0.5, 0.6) is 0 Å². The minimum atomic E-state index is 0.301. The lowest BCUT2D eigenvalue weighted by molar-refractivity contribution is 1.06. The van der Waals surface area contributed by atoms with Gasteiger partial charge in [0.25, 0.3) is 0 Å². The van der Waals surface area contributed by atoms with E-state index in [2.05, 4.69) is 15.0 Å². The average molecular weight is 254 g/mol. The molecular weight excluding hydrogens is 246 g/mol. The highest BCUT2D eigenvalue weighted by Crippen LogP contribution is 2.33. The molecule has 0 atom stereocenters. The lowest BCUT2D eigenvalue weighted by Gasteiger charge is -2.04. The van der Waals surface area contributed by atoms with E-state index < -0.39 is 0 Å². The normalized spacial score (nSPS) is 10.3. The fourth-order valence-electron chi connectivity index (χ4n) is 1.01. The first-order chi connectivity index (χ1) is 7.66. The van der Waals surface area contributed by atoms with Crippen molar-refractivity contribution in [2.75, 3.05) is 11.5 Å². The van der Waals surface area contributed by atoms with Gasteiger partial charge in [0.05, 0.1) is 17.4 Å². The Morgan fingerprint density at radius 1 is 1.12 bits per heavy atom. The first-order valence-electron chi connectivity index (χ1n) is 4.32. The molecule has 0 aliphatic carbocycles. The second kappa shape index (κ2) is 4.54. The van der Waals surface area contributed by atoms with Crippen molar-refractivity contribution in [2.24, 2.45) is 0 Å². The smallest absolute Gasteiger partial charge is 0.143 e. The summed E-state index contributed by atoms with van der Waals surface area (Å²) in [6, 6.07) is 1.77. The standard InChI is InChI=1S/C9H8ClN5S/c10-8-5(1-2-13-9(8)12)16-7-4-14-6(11)3-15-7/h1-4H,(H2,11,14)(H2,12,13). The summed E-state index contributed by atoms with van der Waals surface area (Å²) in [5.41, 5.74) is 11.0. The Hall–Kier alpha value is -1.53. The predicted octanol–water partition coefficient (Wildman–Crippen LogP) is 1.84. The van der Waals surface area contributed by atoms with Gasteiger partial charge in [0.15, 0.2) is 0 Å². The number of aromatic nitrogens is 3. The monoisotopic (exact) mass is 253 g/mol. The fourth-order valence-corrected chi connectivity index (χ4v) is 2.00. The Morgan fingerprint density at radius 3 is 2.62 bits per heavy atom. The van der Waals surface area contributed by atoms with E-state index in [1.165, 1.54) is 18.0 Å². The maximum absolute atomic E-state index is 5.99. The van der Waals surface area contributed by atoms with Crippen LogP contribution in [0.4, 0.5) is 11.6 Å². The third-order valence-electron chi connectivity index (χ3n) is 1.74. The van der Waals surface area contributed by atoms with Crippen LogP contribution in [0.15, 0.2) is 34.6 Å². The molecule has 5 nitrogen and oxygen atoms in total. The van der Waals surface area contributed by atoms with E-state index >= 15 is 0 Å². The highest BCUT2D eigenvalue weighted by Gasteiger charge is 2.07. The molecule has 2 aromatic heterocycles. The van der Waals surface area contributed by atoms with Crippen molar-refractivity contribution >= 4 is 35.0 Å². The highest BCUT2D eigenvalue weighted by atomic mass is 35.5. The van der Waals surface area contributed by atoms with Crippen molar-refractivity contribution in [3.8, 4) is 0 Å². The Kier molecular flexibility index (Phi) is 3.12. The van der Waals surface area contributed by atoms with E-state index in [1.54, 1.807) is 18.5 Å². The molecule has 0 aliphatic heterocycles. The zero-order valence-corrected chi connectivity index (χ0v) is 9.66. The van der Waals surface area contributed by atoms with Crippen LogP contribution in [0.1, 0.15) is 0 Å². The van der Waals surface area contributed by atoms with Crippen molar-refractivity contribution in [2.45, 2.75) is 9.92 Å². The van der Waals surface area contributed by atoms with Crippen LogP contribution >= 0.6 is 23.4 Å². The Labute approximate surface area is 101 Å². The average Bonchev–Trinajstić information content (AvgIpc) is 2.28. The number of nitrogens with zero attached hydrogens (tertiary/aromatic N) is 3. The van der Waals surface area contributed by atoms with Crippen molar-refractivity contribution in [1.82, 2.24) is 15.0 Å². The lowest BCUT2D eigenvalue weighted by atomic mass is 10.5. The van der Waals surface area contributed by atoms with E-state index in [0.29, 0.717) is 21.7 Å². The summed E-state index contributed by atoms with van der Waals surface area (Å²) in [4.78, 5) is 12.7. The number of hydrogen-bond acceptors (Lipinski definition) is 6. The molecule has 0 aliphatic rings. The van der Waals surface area contributed by atoms with Gasteiger partial charge in [-0.15, -0.1) is 0 Å². The third kappa shape index (κ3) is 2.34. The van der Waals surface area contributed by atoms with Gasteiger partial charge in [0, 0.05) is 11.1 Å². The minimum absolute atomic E-state index is 0.301. The molecule has 0 bridgehead atoms. The maximum atomic E-state index is 5.99. The first-order valence-corrected chi connectivity index (χ1v) is 5.51. The second-order valence-corrected chi connectivity index (χ2v) is 4.33. The van der Waals surface area contributed by atoms with Crippen LogP contribution in [0.25, 0.3) is 0 Å². The summed E-state index contributed by atoms with van der Waals surface area (Å²) in [7, 11) is 0. The zero-order valence-electron chi connectivity index (χ0n) is 8.09. The van der Waals surface area contributed by atoms with Gasteiger partial charge in [0.2, 0.25) is 0 Å². The molecule has 7 heteroatoms. The van der Waals surface area contributed by atoms with Crippen LogP contribution in [-0.4, -0.2) is 15.0 Å². The van der Waals surface area contributed by atoms with Crippen molar-refractivity contribution in [3.05, 3.63) is 29.7 Å². The van der Waals surface area contributed by atoms with Crippen LogP contribution < -0.4 is 11.5 Å². The molecule has 0 saturated heterocycles. The number of nitrogens with two attached hydrogens (primary N) is 2. The Balaban J connectivity index is 2.27. The minimum Gasteiger partial charge on any atom is -0.382 e. The van der Waals surface area contributed by atoms with Gasteiger partial charge in [-0.25, -0.2) is 15.0 Å². The molecule has 0 radical (unpaired) electrons. The highest BCUT2D eigenvalue weighted by molar-refractivity contribution is 7.99. The van der Waals surface area contributed by atoms with Gasteiger partial charge in [0.1, 0.15) is 16.7 Å². The maximum Gasteiger partial charge on any atom is 0.143 e. The molecule has 2 heterocycles. The van der Waals surface area contributed by atoms with E-state index in [0.717, 1.165) is 4.90 Å². The van der Waals surface area contributed by atoms with E-state index in [9.17, 15) is 0 Å². The zero-order chi connectivity index (χ0) is 11.5. The molecule has 82 valence electrons. The van der Waals surface area contributed by atoms with Crippen molar-refractivity contribution in [1.29, 1.82) is 0 Å². The van der Waals surface area contributed by atoms with Crippen molar-refractivity contribution < 1.29 is 0 Å². The van der Waals surface area contributed by atoms with Gasteiger partial charge in [-0.2, -0.15) is 0 Å².